The highest BCUT2D eigenvalue weighted by Gasteiger charge is 2.22. The number of carbonyl (C=O) groups excluding carboxylic acids is 3. The van der Waals surface area contributed by atoms with Crippen LogP contribution in [-0.4, -0.2) is 43.9 Å². The first-order chi connectivity index (χ1) is 18.0. The lowest BCUT2D eigenvalue weighted by Crippen LogP contribution is -2.47. The van der Waals surface area contributed by atoms with Crippen molar-refractivity contribution in [1.82, 2.24) is 24.4 Å². The molecule has 4 aromatic rings. The lowest BCUT2D eigenvalue weighted by atomic mass is 10.0. The van der Waals surface area contributed by atoms with Crippen LogP contribution >= 0.6 is 11.7 Å². The van der Waals surface area contributed by atoms with E-state index in [9.17, 15) is 14.4 Å². The van der Waals surface area contributed by atoms with E-state index in [1.807, 2.05) is 30.3 Å². The highest BCUT2D eigenvalue weighted by atomic mass is 32.1. The summed E-state index contributed by atoms with van der Waals surface area (Å²) >= 11 is 0.947. The number of H-pyrrole nitrogens is 1. The fourth-order valence-corrected chi connectivity index (χ4v) is 4.82. The minimum absolute atomic E-state index is 0.158. The van der Waals surface area contributed by atoms with Crippen LogP contribution in [0.2, 0.25) is 0 Å². The normalized spacial score (nSPS) is 11.8. The summed E-state index contributed by atoms with van der Waals surface area (Å²) in [6.45, 7) is 2.00. The molecule has 192 valence electrons. The van der Waals surface area contributed by atoms with Gasteiger partial charge in [0, 0.05) is 29.6 Å². The van der Waals surface area contributed by atoms with Gasteiger partial charge in [0.2, 0.25) is 5.91 Å². The van der Waals surface area contributed by atoms with E-state index in [0.717, 1.165) is 58.7 Å². The zero-order valence-electron chi connectivity index (χ0n) is 20.8. The van der Waals surface area contributed by atoms with E-state index in [1.165, 1.54) is 6.20 Å². The number of Topliss-reactive ketones (excluding diaryl/α,β-unsaturated/α-hetero) is 1. The number of aromatic amines is 1. The topological polar surface area (TPSA) is 117 Å². The van der Waals surface area contributed by atoms with E-state index in [0.29, 0.717) is 25.8 Å². The van der Waals surface area contributed by atoms with Gasteiger partial charge in [0.15, 0.2) is 5.69 Å². The van der Waals surface area contributed by atoms with Gasteiger partial charge in [-0.3, -0.25) is 9.59 Å². The van der Waals surface area contributed by atoms with Crippen molar-refractivity contribution in [3.05, 3.63) is 72.1 Å². The minimum atomic E-state index is -0.692. The van der Waals surface area contributed by atoms with Crippen LogP contribution < -0.4 is 10.6 Å². The van der Waals surface area contributed by atoms with Crippen LogP contribution in [-0.2, 0) is 16.0 Å². The number of carbonyl (C=O) groups is 3. The number of fused-ring (bicyclic) bond motifs is 1. The van der Waals surface area contributed by atoms with Crippen LogP contribution in [0, 0.1) is 0 Å². The third-order valence-electron chi connectivity index (χ3n) is 6.29. The number of hydrogen-bond acceptors (Lipinski definition) is 6. The van der Waals surface area contributed by atoms with Crippen LogP contribution in [0.15, 0.2) is 60.8 Å². The van der Waals surface area contributed by atoms with Crippen molar-refractivity contribution in [1.29, 1.82) is 0 Å². The average molecular weight is 518 g/mol. The molecule has 2 heterocycles. The largest absolute Gasteiger partial charge is 0.354 e. The smallest absolute Gasteiger partial charge is 0.273 e. The van der Waals surface area contributed by atoms with Crippen LogP contribution in [0.1, 0.15) is 55.1 Å². The number of benzene rings is 2. The lowest BCUT2D eigenvalue weighted by molar-refractivity contribution is -0.123. The van der Waals surface area contributed by atoms with Gasteiger partial charge in [0.1, 0.15) is 11.8 Å². The second-order valence-electron chi connectivity index (χ2n) is 9.05. The summed E-state index contributed by atoms with van der Waals surface area (Å²) in [6.07, 6.45) is 5.35. The lowest BCUT2D eigenvalue weighted by Gasteiger charge is -2.18. The molecule has 2 amide bonds. The van der Waals surface area contributed by atoms with E-state index in [-0.39, 0.29) is 17.4 Å². The number of amides is 2. The molecule has 9 heteroatoms. The van der Waals surface area contributed by atoms with Gasteiger partial charge in [-0.25, -0.2) is 0 Å². The number of nitrogens with one attached hydrogen (secondary N) is 3. The molecule has 0 unspecified atom stereocenters. The van der Waals surface area contributed by atoms with Crippen molar-refractivity contribution in [3.63, 3.8) is 0 Å². The first-order valence-corrected chi connectivity index (χ1v) is 13.3. The highest BCUT2D eigenvalue weighted by Crippen LogP contribution is 2.30. The predicted octanol–water partition coefficient (Wildman–Crippen LogP) is 4.68. The number of ketones is 1. The molecule has 3 N–H and O–H groups in total. The van der Waals surface area contributed by atoms with Crippen LogP contribution in [0.5, 0.6) is 0 Å². The van der Waals surface area contributed by atoms with Gasteiger partial charge in [-0.15, -0.1) is 0 Å². The molecule has 1 atom stereocenters. The molecule has 0 aliphatic heterocycles. The molecule has 8 nitrogen and oxygen atoms in total. The van der Waals surface area contributed by atoms with Crippen molar-refractivity contribution >= 4 is 40.2 Å². The molecular weight excluding hydrogens is 486 g/mol. The molecule has 4 rings (SSSR count). The minimum Gasteiger partial charge on any atom is -0.354 e. The van der Waals surface area contributed by atoms with Crippen molar-refractivity contribution in [2.75, 3.05) is 6.54 Å². The molecule has 0 aliphatic carbocycles. The number of para-hydroxylation sites is 1. The summed E-state index contributed by atoms with van der Waals surface area (Å²) in [5.74, 6) is -0.490. The van der Waals surface area contributed by atoms with Crippen molar-refractivity contribution < 1.29 is 14.4 Å². The van der Waals surface area contributed by atoms with Gasteiger partial charge in [-0.05, 0) is 43.4 Å². The van der Waals surface area contributed by atoms with Crippen molar-refractivity contribution in [2.45, 2.75) is 51.5 Å². The molecule has 0 aliphatic rings. The Balaban J connectivity index is 1.42. The van der Waals surface area contributed by atoms with Gasteiger partial charge in [-0.2, -0.15) is 8.75 Å². The standard InChI is InChI=1S/C28H31N5O3S/c1-19(34)10-4-2-7-15-24(32-28(36)25-18-30-37-33-25)27(35)29-17-16-22-21-13-8-9-14-23(21)31-26(22)20-11-5-3-6-12-20/h3,5-6,8-9,11-14,18,24,31H,2,4,7,10,15-17H2,1H3,(H,29,35)(H,32,36)/t24-/m0/s1. The SMILES string of the molecule is CC(=O)CCCCC[C@H](NC(=O)c1cnsn1)C(=O)NCCc1c(-c2ccccc2)[nH]c2ccccc12. The van der Waals surface area contributed by atoms with E-state index in [4.69, 9.17) is 0 Å². The fourth-order valence-electron chi connectivity index (χ4n) is 4.41. The maximum absolute atomic E-state index is 13.1. The van der Waals surface area contributed by atoms with Gasteiger partial charge in [-0.1, -0.05) is 61.4 Å². The Morgan fingerprint density at radius 2 is 1.78 bits per heavy atom. The Morgan fingerprint density at radius 3 is 2.54 bits per heavy atom. The predicted molar refractivity (Wildman–Crippen MR) is 145 cm³/mol. The summed E-state index contributed by atoms with van der Waals surface area (Å²) < 4.78 is 7.84. The third-order valence-corrected chi connectivity index (χ3v) is 6.77. The first-order valence-electron chi connectivity index (χ1n) is 12.5. The molecule has 2 aromatic heterocycles. The van der Waals surface area contributed by atoms with Crippen LogP contribution in [0.4, 0.5) is 0 Å². The molecule has 2 aromatic carbocycles. The Morgan fingerprint density at radius 1 is 1.00 bits per heavy atom. The zero-order chi connectivity index (χ0) is 26.0. The maximum atomic E-state index is 13.1. The second kappa shape index (κ2) is 12.9. The van der Waals surface area contributed by atoms with Crippen LogP contribution in [0.25, 0.3) is 22.2 Å². The summed E-state index contributed by atoms with van der Waals surface area (Å²) in [6, 6.07) is 17.6. The third kappa shape index (κ3) is 7.10. The number of aromatic nitrogens is 3. The molecule has 0 saturated carbocycles. The fraction of sp³-hybridized carbons (Fsp3) is 0.321. The van der Waals surface area contributed by atoms with Gasteiger partial charge < -0.3 is 20.4 Å². The molecule has 0 bridgehead atoms. The van der Waals surface area contributed by atoms with Gasteiger partial charge in [0.05, 0.1) is 17.9 Å². The van der Waals surface area contributed by atoms with E-state index >= 15 is 0 Å². The van der Waals surface area contributed by atoms with E-state index < -0.39 is 11.9 Å². The Labute approximate surface area is 220 Å². The van der Waals surface area contributed by atoms with E-state index in [1.54, 1.807) is 6.92 Å². The number of nitrogens with zero attached hydrogens (tertiary/aromatic N) is 2. The molecule has 0 spiro atoms. The van der Waals surface area contributed by atoms with Crippen molar-refractivity contribution in [3.8, 4) is 11.3 Å². The molecular formula is C28H31N5O3S. The number of unbranched alkanes of at least 4 members (excludes halogenated alkanes) is 2. The summed E-state index contributed by atoms with van der Waals surface area (Å²) in [5.41, 5.74) is 4.52. The number of hydrogen-bond donors (Lipinski definition) is 3. The summed E-state index contributed by atoms with van der Waals surface area (Å²) in [5, 5.41) is 6.96. The van der Waals surface area contributed by atoms with E-state index in [2.05, 4.69) is 48.6 Å². The van der Waals surface area contributed by atoms with Gasteiger partial charge >= 0.3 is 0 Å². The van der Waals surface area contributed by atoms with Gasteiger partial charge in [0.25, 0.3) is 5.91 Å². The second-order valence-corrected chi connectivity index (χ2v) is 9.61. The molecule has 0 fully saturated rings. The molecule has 0 radical (unpaired) electrons. The first kappa shape index (κ1) is 26.2. The van der Waals surface area contributed by atoms with Crippen LogP contribution in [0.3, 0.4) is 0 Å². The summed E-state index contributed by atoms with van der Waals surface area (Å²) in [4.78, 5) is 40.4. The Bertz CT molecular complexity index is 1330. The Hall–Kier alpha value is -3.85. The molecule has 37 heavy (non-hydrogen) atoms. The Kier molecular flexibility index (Phi) is 9.15. The zero-order valence-corrected chi connectivity index (χ0v) is 21.6. The number of rotatable bonds is 13. The highest BCUT2D eigenvalue weighted by molar-refractivity contribution is 6.99. The maximum Gasteiger partial charge on any atom is 0.273 e. The average Bonchev–Trinajstić information content (AvgIpc) is 3.57. The quantitative estimate of drug-likeness (QED) is 0.223. The molecule has 0 saturated heterocycles. The van der Waals surface area contributed by atoms with Crippen molar-refractivity contribution in [2.24, 2.45) is 0 Å². The summed E-state index contributed by atoms with van der Waals surface area (Å²) in [7, 11) is 0. The monoisotopic (exact) mass is 517 g/mol.